The first kappa shape index (κ1) is 12.7. The second kappa shape index (κ2) is 4.85. The van der Waals surface area contributed by atoms with Crippen molar-refractivity contribution in [1.82, 2.24) is 9.97 Å². The normalized spacial score (nSPS) is 10.6. The maximum absolute atomic E-state index is 13.4. The Morgan fingerprint density at radius 2 is 2.06 bits per heavy atom. The Kier molecular flexibility index (Phi) is 3.62. The van der Waals surface area contributed by atoms with Crippen LogP contribution < -0.4 is 5.73 Å². The predicted octanol–water partition coefficient (Wildman–Crippen LogP) is 3.54. The fourth-order valence-electron chi connectivity index (χ4n) is 1.35. The van der Waals surface area contributed by atoms with Gasteiger partial charge in [0.15, 0.2) is 5.82 Å². The molecule has 0 radical (unpaired) electrons. The summed E-state index contributed by atoms with van der Waals surface area (Å²) in [6.45, 7) is 1.85. The Hall–Kier alpha value is -0.760. The first-order valence-electron chi connectivity index (χ1n) is 4.74. The van der Waals surface area contributed by atoms with Gasteiger partial charge in [-0.05, 0) is 63.6 Å². The lowest BCUT2D eigenvalue weighted by Gasteiger charge is -2.06. The van der Waals surface area contributed by atoms with Crippen molar-refractivity contribution in [3.63, 3.8) is 0 Å². The molecule has 1 aromatic heterocycles. The fraction of sp³-hybridized carbons (Fsp3) is 0.0909. The third-order valence-corrected chi connectivity index (χ3v) is 4.20. The molecule has 0 aliphatic heterocycles. The second-order valence-corrected chi connectivity index (χ2v) is 5.39. The van der Waals surface area contributed by atoms with E-state index in [1.54, 1.807) is 12.1 Å². The van der Waals surface area contributed by atoms with Crippen molar-refractivity contribution in [2.45, 2.75) is 6.92 Å². The molecule has 0 bridgehead atoms. The first-order valence-corrected chi connectivity index (χ1v) is 6.61. The van der Waals surface area contributed by atoms with Gasteiger partial charge in [-0.15, -0.1) is 0 Å². The van der Waals surface area contributed by atoms with Crippen LogP contribution in [0.3, 0.4) is 0 Å². The van der Waals surface area contributed by atoms with Crippen LogP contribution in [0, 0.1) is 16.3 Å². The SMILES string of the molecule is Cc1nc(-c2ccc(Br)c(F)c2)nc(N)c1I. The van der Waals surface area contributed by atoms with Crippen LogP contribution in [0.4, 0.5) is 10.2 Å². The molecule has 0 fully saturated rings. The zero-order valence-electron chi connectivity index (χ0n) is 8.84. The van der Waals surface area contributed by atoms with E-state index >= 15 is 0 Å². The molecule has 0 amide bonds. The highest BCUT2D eigenvalue weighted by Crippen LogP contribution is 2.24. The first-order chi connectivity index (χ1) is 7.99. The Labute approximate surface area is 120 Å². The van der Waals surface area contributed by atoms with E-state index in [9.17, 15) is 4.39 Å². The number of benzene rings is 1. The largest absolute Gasteiger partial charge is 0.383 e. The molecular formula is C11H8BrFIN3. The number of hydrogen-bond acceptors (Lipinski definition) is 3. The molecule has 2 N–H and O–H groups in total. The maximum atomic E-state index is 13.4. The van der Waals surface area contributed by atoms with Gasteiger partial charge in [-0.25, -0.2) is 14.4 Å². The van der Waals surface area contributed by atoms with Crippen LogP contribution in [0.1, 0.15) is 5.69 Å². The van der Waals surface area contributed by atoms with E-state index in [0.29, 0.717) is 21.7 Å². The van der Waals surface area contributed by atoms with Gasteiger partial charge in [-0.2, -0.15) is 0 Å². The molecule has 0 saturated heterocycles. The molecule has 0 aliphatic rings. The maximum Gasteiger partial charge on any atom is 0.161 e. The van der Waals surface area contributed by atoms with Crippen molar-refractivity contribution in [3.8, 4) is 11.4 Å². The van der Waals surface area contributed by atoms with E-state index in [2.05, 4.69) is 48.5 Å². The quantitative estimate of drug-likeness (QED) is 0.735. The third-order valence-electron chi connectivity index (χ3n) is 2.22. The Balaban J connectivity index is 2.57. The lowest BCUT2D eigenvalue weighted by atomic mass is 10.2. The summed E-state index contributed by atoms with van der Waals surface area (Å²) in [4.78, 5) is 8.45. The molecule has 0 saturated carbocycles. The Bertz CT molecular complexity index is 566. The van der Waals surface area contributed by atoms with E-state index in [-0.39, 0.29) is 5.82 Å². The summed E-state index contributed by atoms with van der Waals surface area (Å²) < 4.78 is 14.6. The lowest BCUT2D eigenvalue weighted by Crippen LogP contribution is -2.02. The topological polar surface area (TPSA) is 51.8 Å². The van der Waals surface area contributed by atoms with Crippen LogP contribution in [-0.4, -0.2) is 9.97 Å². The van der Waals surface area contributed by atoms with Crippen LogP contribution in [-0.2, 0) is 0 Å². The zero-order valence-corrected chi connectivity index (χ0v) is 12.6. The highest BCUT2D eigenvalue weighted by atomic mass is 127. The molecule has 3 nitrogen and oxygen atoms in total. The van der Waals surface area contributed by atoms with E-state index in [1.807, 2.05) is 6.92 Å². The van der Waals surface area contributed by atoms with Gasteiger partial charge in [-0.3, -0.25) is 0 Å². The summed E-state index contributed by atoms with van der Waals surface area (Å²) in [5.41, 5.74) is 7.16. The van der Waals surface area contributed by atoms with Crippen LogP contribution >= 0.6 is 38.5 Å². The van der Waals surface area contributed by atoms with Crippen molar-refractivity contribution in [3.05, 3.63) is 37.8 Å². The molecule has 0 atom stereocenters. The molecule has 88 valence electrons. The molecule has 0 unspecified atom stereocenters. The van der Waals surface area contributed by atoms with Crippen molar-refractivity contribution < 1.29 is 4.39 Å². The van der Waals surface area contributed by atoms with Crippen LogP contribution in [0.15, 0.2) is 22.7 Å². The van der Waals surface area contributed by atoms with Crippen molar-refractivity contribution >= 4 is 44.3 Å². The number of aromatic nitrogens is 2. The fourth-order valence-corrected chi connectivity index (χ4v) is 1.83. The monoisotopic (exact) mass is 407 g/mol. The smallest absolute Gasteiger partial charge is 0.161 e. The number of hydrogen-bond donors (Lipinski definition) is 1. The van der Waals surface area contributed by atoms with E-state index in [4.69, 9.17) is 5.73 Å². The number of rotatable bonds is 1. The highest BCUT2D eigenvalue weighted by Gasteiger charge is 2.10. The van der Waals surface area contributed by atoms with Crippen molar-refractivity contribution in [2.75, 3.05) is 5.73 Å². The van der Waals surface area contributed by atoms with Gasteiger partial charge in [-0.1, -0.05) is 0 Å². The Morgan fingerprint density at radius 1 is 1.35 bits per heavy atom. The number of nitrogens with zero attached hydrogens (tertiary/aromatic N) is 2. The van der Waals surface area contributed by atoms with Crippen LogP contribution in [0.5, 0.6) is 0 Å². The minimum Gasteiger partial charge on any atom is -0.383 e. The van der Waals surface area contributed by atoms with Gasteiger partial charge in [0.1, 0.15) is 11.6 Å². The molecule has 1 aromatic carbocycles. The summed E-state index contributed by atoms with van der Waals surface area (Å²) in [5.74, 6) is 0.504. The molecule has 0 spiro atoms. The van der Waals surface area contributed by atoms with Gasteiger partial charge in [0.2, 0.25) is 0 Å². The molecule has 2 rings (SSSR count). The second-order valence-electron chi connectivity index (χ2n) is 3.46. The van der Waals surface area contributed by atoms with Gasteiger partial charge < -0.3 is 5.73 Å². The molecule has 17 heavy (non-hydrogen) atoms. The number of anilines is 1. The predicted molar refractivity (Wildman–Crippen MR) is 77.0 cm³/mol. The number of nitrogen functional groups attached to an aromatic ring is 1. The number of nitrogens with two attached hydrogens (primary N) is 1. The van der Waals surface area contributed by atoms with Gasteiger partial charge in [0, 0.05) is 5.56 Å². The van der Waals surface area contributed by atoms with Crippen LogP contribution in [0.2, 0.25) is 0 Å². The Morgan fingerprint density at radius 3 is 2.65 bits per heavy atom. The average Bonchev–Trinajstić information content (AvgIpc) is 2.29. The summed E-state index contributed by atoms with van der Waals surface area (Å²) in [7, 11) is 0. The molecule has 0 aliphatic carbocycles. The van der Waals surface area contributed by atoms with Crippen molar-refractivity contribution in [2.24, 2.45) is 0 Å². The van der Waals surface area contributed by atoms with Crippen LogP contribution in [0.25, 0.3) is 11.4 Å². The number of aryl methyl sites for hydroxylation is 1. The summed E-state index contributed by atoms with van der Waals surface area (Å²) in [6.07, 6.45) is 0. The highest BCUT2D eigenvalue weighted by molar-refractivity contribution is 14.1. The molecular weight excluding hydrogens is 400 g/mol. The molecule has 2 aromatic rings. The standard InChI is InChI=1S/C11H8BrFIN3/c1-5-9(14)10(15)17-11(16-5)6-2-3-7(12)8(13)4-6/h2-4H,1H3,(H2,15,16,17). The zero-order chi connectivity index (χ0) is 12.6. The number of halogens is 3. The minimum absolute atomic E-state index is 0.346. The summed E-state index contributed by atoms with van der Waals surface area (Å²) >= 11 is 5.19. The third kappa shape index (κ3) is 2.57. The van der Waals surface area contributed by atoms with E-state index in [0.717, 1.165) is 9.26 Å². The molecule has 6 heteroatoms. The summed E-state index contributed by atoms with van der Waals surface area (Å²) in [6, 6.07) is 4.75. The summed E-state index contributed by atoms with van der Waals surface area (Å²) in [5, 5.41) is 0. The average molecular weight is 408 g/mol. The van der Waals surface area contributed by atoms with E-state index in [1.165, 1.54) is 6.07 Å². The molecule has 1 heterocycles. The van der Waals surface area contributed by atoms with Crippen molar-refractivity contribution in [1.29, 1.82) is 0 Å². The van der Waals surface area contributed by atoms with E-state index < -0.39 is 0 Å². The van der Waals surface area contributed by atoms with Gasteiger partial charge in [0.05, 0.1) is 13.7 Å². The van der Waals surface area contributed by atoms with Gasteiger partial charge in [0.25, 0.3) is 0 Å². The minimum atomic E-state index is -0.346. The van der Waals surface area contributed by atoms with Gasteiger partial charge >= 0.3 is 0 Å². The lowest BCUT2D eigenvalue weighted by molar-refractivity contribution is 0.621.